The molecule has 0 aromatic carbocycles. The summed E-state index contributed by atoms with van der Waals surface area (Å²) in [4.78, 5) is 17.8. The molecule has 1 saturated carbocycles. The Morgan fingerprint density at radius 1 is 1.60 bits per heavy atom. The normalized spacial score (nSPS) is 16.1. The van der Waals surface area contributed by atoms with E-state index in [0.29, 0.717) is 12.5 Å². The first-order valence-corrected chi connectivity index (χ1v) is 5.52. The fraction of sp³-hybridized carbons (Fsp3) is 0.900. The molecule has 1 aliphatic carbocycles. The van der Waals surface area contributed by atoms with Gasteiger partial charge in [0, 0.05) is 19.1 Å². The highest BCUT2D eigenvalue weighted by Crippen LogP contribution is 2.30. The van der Waals surface area contributed by atoms with Crippen molar-refractivity contribution in [3.8, 4) is 0 Å². The molecule has 0 bridgehead atoms. The second kappa shape index (κ2) is 6.05. The minimum absolute atomic E-state index is 0.307. The van der Waals surface area contributed by atoms with Crippen LogP contribution in [0.4, 0.5) is 0 Å². The van der Waals surface area contributed by atoms with E-state index in [9.17, 15) is 4.79 Å². The minimum Gasteiger partial charge on any atom is -0.356 e. The first kappa shape index (κ1) is 12.4. The summed E-state index contributed by atoms with van der Waals surface area (Å²) in [5.41, 5.74) is 1.91. The van der Waals surface area contributed by atoms with Crippen molar-refractivity contribution in [3.05, 3.63) is 0 Å². The maximum Gasteiger partial charge on any atom is 0.327 e. The lowest BCUT2D eigenvalue weighted by atomic mass is 10.2. The Morgan fingerprint density at radius 2 is 2.27 bits per heavy atom. The maximum absolute atomic E-state index is 11.1. The van der Waals surface area contributed by atoms with E-state index >= 15 is 0 Å². The summed E-state index contributed by atoms with van der Waals surface area (Å²) in [7, 11) is 0. The second-order valence-corrected chi connectivity index (χ2v) is 4.37. The average Bonchev–Trinajstić information content (AvgIpc) is 2.95. The van der Waals surface area contributed by atoms with Gasteiger partial charge in [-0.3, -0.25) is 4.79 Å². The van der Waals surface area contributed by atoms with Crippen LogP contribution in [0.3, 0.4) is 0 Å². The van der Waals surface area contributed by atoms with Crippen molar-refractivity contribution in [3.63, 3.8) is 0 Å². The number of hydrazine groups is 1. The maximum atomic E-state index is 11.1. The molecule has 0 radical (unpaired) electrons. The van der Waals surface area contributed by atoms with Crippen LogP contribution in [0.1, 0.15) is 33.1 Å². The van der Waals surface area contributed by atoms with Crippen molar-refractivity contribution in [1.29, 1.82) is 0 Å². The van der Waals surface area contributed by atoms with E-state index in [-0.39, 0.29) is 5.97 Å². The summed E-state index contributed by atoms with van der Waals surface area (Å²) < 4.78 is 0. The van der Waals surface area contributed by atoms with E-state index in [1.165, 1.54) is 12.8 Å². The summed E-state index contributed by atoms with van der Waals surface area (Å²) in [5, 5.41) is 0. The van der Waals surface area contributed by atoms with Crippen LogP contribution in [0, 0.1) is 5.92 Å². The Balaban J connectivity index is 2.21. The molecule has 0 heterocycles. The molecule has 1 fully saturated rings. The number of hydrogen-bond donors (Lipinski definition) is 2. The SMILES string of the molecule is CC(C)N(CCC(=O)ONN)CC1CC1. The van der Waals surface area contributed by atoms with Gasteiger partial charge in [-0.2, -0.15) is 0 Å². The zero-order valence-electron chi connectivity index (χ0n) is 9.53. The second-order valence-electron chi connectivity index (χ2n) is 4.37. The Bertz CT molecular complexity index is 205. The number of nitrogens with zero attached hydrogens (tertiary/aromatic N) is 1. The van der Waals surface area contributed by atoms with Crippen LogP contribution in [0.15, 0.2) is 0 Å². The predicted octanol–water partition coefficient (Wildman–Crippen LogP) is 0.418. The Morgan fingerprint density at radius 3 is 2.73 bits per heavy atom. The predicted molar refractivity (Wildman–Crippen MR) is 57.5 cm³/mol. The van der Waals surface area contributed by atoms with E-state index in [4.69, 9.17) is 5.84 Å². The van der Waals surface area contributed by atoms with Gasteiger partial charge in [0.1, 0.15) is 0 Å². The van der Waals surface area contributed by atoms with Gasteiger partial charge in [-0.25, -0.2) is 5.84 Å². The largest absolute Gasteiger partial charge is 0.356 e. The van der Waals surface area contributed by atoms with Crippen LogP contribution >= 0.6 is 0 Å². The molecule has 5 heteroatoms. The van der Waals surface area contributed by atoms with Crippen LogP contribution in [-0.2, 0) is 9.63 Å². The Kier molecular flexibility index (Phi) is 5.01. The first-order valence-electron chi connectivity index (χ1n) is 5.52. The molecule has 1 rings (SSSR count). The number of hydrogen-bond acceptors (Lipinski definition) is 5. The van der Waals surface area contributed by atoms with Crippen LogP contribution in [0.2, 0.25) is 0 Å². The van der Waals surface area contributed by atoms with Crippen molar-refractivity contribution in [2.75, 3.05) is 13.1 Å². The lowest BCUT2D eigenvalue weighted by Crippen LogP contribution is -2.36. The Labute approximate surface area is 90.9 Å². The molecular weight excluding hydrogens is 194 g/mol. The van der Waals surface area contributed by atoms with Gasteiger partial charge >= 0.3 is 5.97 Å². The van der Waals surface area contributed by atoms with Gasteiger partial charge in [0.15, 0.2) is 0 Å². The van der Waals surface area contributed by atoms with Gasteiger partial charge in [-0.15, -0.1) is 0 Å². The van der Waals surface area contributed by atoms with Gasteiger partial charge in [0.2, 0.25) is 0 Å². The highest BCUT2D eigenvalue weighted by molar-refractivity contribution is 5.69. The number of carbonyl (C=O) groups is 1. The topological polar surface area (TPSA) is 67.6 Å². The lowest BCUT2D eigenvalue weighted by molar-refractivity contribution is -0.151. The summed E-state index contributed by atoms with van der Waals surface area (Å²) in [6.07, 6.45) is 3.05. The molecule has 0 unspecified atom stereocenters. The van der Waals surface area contributed by atoms with Crippen molar-refractivity contribution < 1.29 is 9.63 Å². The molecule has 0 aliphatic heterocycles. The minimum atomic E-state index is -0.307. The molecule has 0 spiro atoms. The zero-order valence-corrected chi connectivity index (χ0v) is 9.53. The first-order chi connectivity index (χ1) is 7.13. The Hall–Kier alpha value is -0.650. The van der Waals surface area contributed by atoms with E-state index < -0.39 is 0 Å². The van der Waals surface area contributed by atoms with E-state index in [0.717, 1.165) is 19.0 Å². The number of nitrogens with one attached hydrogen (secondary N) is 1. The molecular formula is C10H21N3O2. The van der Waals surface area contributed by atoms with Gasteiger partial charge in [0.25, 0.3) is 0 Å². The number of carbonyl (C=O) groups excluding carboxylic acids is 1. The van der Waals surface area contributed by atoms with Crippen molar-refractivity contribution in [2.24, 2.45) is 11.8 Å². The molecule has 88 valence electrons. The van der Waals surface area contributed by atoms with Crippen LogP contribution in [0.5, 0.6) is 0 Å². The molecule has 0 saturated heterocycles. The molecule has 5 nitrogen and oxygen atoms in total. The van der Waals surface area contributed by atoms with Crippen molar-refractivity contribution in [1.82, 2.24) is 10.5 Å². The zero-order chi connectivity index (χ0) is 11.3. The van der Waals surface area contributed by atoms with Crippen molar-refractivity contribution >= 4 is 5.97 Å². The number of rotatable bonds is 7. The molecule has 0 amide bonds. The van der Waals surface area contributed by atoms with Gasteiger partial charge in [-0.05, 0) is 32.6 Å². The van der Waals surface area contributed by atoms with E-state index in [1.54, 1.807) is 0 Å². The monoisotopic (exact) mass is 215 g/mol. The van der Waals surface area contributed by atoms with Crippen LogP contribution in [-0.4, -0.2) is 30.0 Å². The molecule has 0 aromatic rings. The van der Waals surface area contributed by atoms with Gasteiger partial charge < -0.3 is 9.74 Å². The third-order valence-electron chi connectivity index (χ3n) is 2.70. The van der Waals surface area contributed by atoms with E-state index in [2.05, 4.69) is 23.6 Å². The molecule has 0 aromatic heterocycles. The fourth-order valence-corrected chi connectivity index (χ4v) is 1.54. The quantitative estimate of drug-likeness (QED) is 0.476. The highest BCUT2D eigenvalue weighted by Gasteiger charge is 2.25. The highest BCUT2D eigenvalue weighted by atomic mass is 16.7. The molecule has 15 heavy (non-hydrogen) atoms. The van der Waals surface area contributed by atoms with E-state index in [1.807, 2.05) is 5.59 Å². The average molecular weight is 215 g/mol. The summed E-state index contributed by atoms with van der Waals surface area (Å²) >= 11 is 0. The van der Waals surface area contributed by atoms with Gasteiger partial charge in [-0.1, -0.05) is 5.59 Å². The molecule has 0 atom stereocenters. The van der Waals surface area contributed by atoms with Crippen LogP contribution in [0.25, 0.3) is 0 Å². The smallest absolute Gasteiger partial charge is 0.327 e. The number of nitrogens with two attached hydrogens (primary N) is 1. The van der Waals surface area contributed by atoms with Crippen molar-refractivity contribution in [2.45, 2.75) is 39.2 Å². The third kappa shape index (κ3) is 5.11. The summed E-state index contributed by atoms with van der Waals surface area (Å²) in [5.74, 6) is 5.42. The molecule has 3 N–H and O–H groups in total. The van der Waals surface area contributed by atoms with Gasteiger partial charge in [0.05, 0.1) is 6.42 Å². The van der Waals surface area contributed by atoms with Crippen LogP contribution < -0.4 is 11.4 Å². The fourth-order valence-electron chi connectivity index (χ4n) is 1.54. The standard InChI is InChI=1S/C10H21N3O2/c1-8(2)13(7-9-3-4-9)6-5-10(14)15-12-11/h8-9,12H,3-7,11H2,1-2H3. The third-order valence-corrected chi connectivity index (χ3v) is 2.70. The summed E-state index contributed by atoms with van der Waals surface area (Å²) in [6.45, 7) is 6.14. The lowest BCUT2D eigenvalue weighted by Gasteiger charge is -2.25. The summed E-state index contributed by atoms with van der Waals surface area (Å²) in [6, 6.07) is 0.476. The molecule has 1 aliphatic rings.